The van der Waals surface area contributed by atoms with Crippen molar-refractivity contribution in [2.75, 3.05) is 19.7 Å². The molecular weight excluding hydrogens is 380 g/mol. The summed E-state index contributed by atoms with van der Waals surface area (Å²) in [6.45, 7) is 10.3. The van der Waals surface area contributed by atoms with E-state index in [1.165, 1.54) is 12.1 Å². The largest absolute Gasteiger partial charge is 0.483 e. The van der Waals surface area contributed by atoms with Crippen molar-refractivity contribution in [2.24, 2.45) is 0 Å². The van der Waals surface area contributed by atoms with Gasteiger partial charge in [0, 0.05) is 30.2 Å². The molecular formula is C20H30N2O5S. The molecule has 28 heavy (non-hydrogen) atoms. The Morgan fingerprint density at radius 3 is 2.75 bits per heavy atom. The standard InChI is InChI=1S/C20H30N2O5S/c1-6-14(3)22(13-18(24)25-7-2)28-21-12-17(23)26-16-10-8-9-15-11-20(4,5)27-19(15)16/h8-10,14,21H,6-7,11-13H2,1-5H3. The Labute approximate surface area is 171 Å². The monoisotopic (exact) mass is 410 g/mol. The number of hydrogen-bond donors (Lipinski definition) is 1. The molecule has 0 saturated heterocycles. The molecule has 1 heterocycles. The lowest BCUT2D eigenvalue weighted by Crippen LogP contribution is -2.36. The van der Waals surface area contributed by atoms with Gasteiger partial charge < -0.3 is 14.2 Å². The Balaban J connectivity index is 1.87. The van der Waals surface area contributed by atoms with Gasteiger partial charge in [0.1, 0.15) is 18.7 Å². The molecule has 7 nitrogen and oxygen atoms in total. The molecule has 1 aromatic carbocycles. The number of ether oxygens (including phenoxy) is 3. The summed E-state index contributed by atoms with van der Waals surface area (Å²) in [7, 11) is 0. The van der Waals surface area contributed by atoms with Crippen LogP contribution in [0.1, 0.15) is 46.6 Å². The van der Waals surface area contributed by atoms with Gasteiger partial charge in [-0.2, -0.15) is 0 Å². The van der Waals surface area contributed by atoms with Crippen LogP contribution in [0.3, 0.4) is 0 Å². The predicted octanol–water partition coefficient (Wildman–Crippen LogP) is 3.12. The fourth-order valence-electron chi connectivity index (χ4n) is 2.82. The SMILES string of the molecule is CCOC(=O)CN(SNCC(=O)Oc1cccc2c1OC(C)(C)C2)C(C)CC. The fraction of sp³-hybridized carbons (Fsp3) is 0.600. The van der Waals surface area contributed by atoms with Crippen LogP contribution in [0.25, 0.3) is 0 Å². The van der Waals surface area contributed by atoms with E-state index in [-0.39, 0.29) is 30.7 Å². The minimum absolute atomic E-state index is 0.00646. The summed E-state index contributed by atoms with van der Waals surface area (Å²) in [6.07, 6.45) is 1.64. The van der Waals surface area contributed by atoms with Gasteiger partial charge in [-0.25, -0.2) is 9.03 Å². The number of hydrogen-bond acceptors (Lipinski definition) is 8. The van der Waals surface area contributed by atoms with Crippen LogP contribution in [0.5, 0.6) is 11.5 Å². The smallest absolute Gasteiger partial charge is 0.326 e. The van der Waals surface area contributed by atoms with E-state index in [1.54, 1.807) is 13.0 Å². The average Bonchev–Trinajstić information content (AvgIpc) is 2.95. The number of rotatable bonds is 10. The first kappa shape index (κ1) is 22.5. The first-order valence-electron chi connectivity index (χ1n) is 9.59. The minimum atomic E-state index is -0.422. The lowest BCUT2D eigenvalue weighted by molar-refractivity contribution is -0.143. The van der Waals surface area contributed by atoms with Crippen molar-refractivity contribution in [1.29, 1.82) is 0 Å². The maximum Gasteiger partial charge on any atom is 0.326 e. The van der Waals surface area contributed by atoms with Gasteiger partial charge >= 0.3 is 11.9 Å². The molecule has 0 spiro atoms. The number of fused-ring (bicyclic) bond motifs is 1. The Morgan fingerprint density at radius 1 is 1.32 bits per heavy atom. The quantitative estimate of drug-likeness (QED) is 0.358. The predicted molar refractivity (Wildman–Crippen MR) is 109 cm³/mol. The molecule has 1 aromatic rings. The topological polar surface area (TPSA) is 77.1 Å². The second kappa shape index (κ2) is 10.1. The zero-order chi connectivity index (χ0) is 20.7. The van der Waals surface area contributed by atoms with E-state index >= 15 is 0 Å². The number of para-hydroxylation sites is 1. The molecule has 0 aliphatic carbocycles. The lowest BCUT2D eigenvalue weighted by atomic mass is 10.0. The first-order chi connectivity index (χ1) is 13.3. The van der Waals surface area contributed by atoms with Crippen molar-refractivity contribution < 1.29 is 23.8 Å². The van der Waals surface area contributed by atoms with Crippen molar-refractivity contribution in [2.45, 2.75) is 59.1 Å². The molecule has 0 fully saturated rings. The molecule has 1 unspecified atom stereocenters. The molecule has 0 saturated carbocycles. The third-order valence-corrected chi connectivity index (χ3v) is 5.35. The Kier molecular flexibility index (Phi) is 8.15. The maximum absolute atomic E-state index is 12.3. The third kappa shape index (κ3) is 6.39. The highest BCUT2D eigenvalue weighted by Crippen LogP contribution is 2.41. The Bertz CT molecular complexity index is 695. The van der Waals surface area contributed by atoms with Gasteiger partial charge in [-0.15, -0.1) is 0 Å². The zero-order valence-electron chi connectivity index (χ0n) is 17.2. The Morgan fingerprint density at radius 2 is 2.07 bits per heavy atom. The zero-order valence-corrected chi connectivity index (χ0v) is 18.1. The number of benzene rings is 1. The third-order valence-electron chi connectivity index (χ3n) is 4.35. The summed E-state index contributed by atoms with van der Waals surface area (Å²) in [4.78, 5) is 24.0. The van der Waals surface area contributed by atoms with Gasteiger partial charge in [-0.3, -0.25) is 9.59 Å². The first-order valence-corrected chi connectivity index (χ1v) is 10.4. The molecule has 2 rings (SSSR count). The molecule has 1 atom stereocenters. The second-order valence-corrected chi connectivity index (χ2v) is 8.25. The van der Waals surface area contributed by atoms with Crippen LogP contribution in [0.4, 0.5) is 0 Å². The molecule has 156 valence electrons. The number of nitrogens with one attached hydrogen (secondary N) is 1. The highest BCUT2D eigenvalue weighted by molar-refractivity contribution is 7.95. The molecule has 0 bridgehead atoms. The van der Waals surface area contributed by atoms with Crippen molar-refractivity contribution >= 4 is 24.1 Å². The highest BCUT2D eigenvalue weighted by Gasteiger charge is 2.32. The maximum atomic E-state index is 12.3. The minimum Gasteiger partial charge on any atom is -0.483 e. The summed E-state index contributed by atoms with van der Waals surface area (Å²) in [6, 6.07) is 5.72. The van der Waals surface area contributed by atoms with E-state index in [1.807, 2.05) is 44.1 Å². The van der Waals surface area contributed by atoms with Crippen molar-refractivity contribution in [1.82, 2.24) is 9.03 Å². The van der Waals surface area contributed by atoms with Crippen LogP contribution >= 0.6 is 12.1 Å². The summed E-state index contributed by atoms with van der Waals surface area (Å²) >= 11 is 1.22. The Hall–Kier alpha value is -1.77. The molecule has 1 aliphatic heterocycles. The highest BCUT2D eigenvalue weighted by atomic mass is 32.2. The molecule has 0 aromatic heterocycles. The van der Waals surface area contributed by atoms with E-state index in [4.69, 9.17) is 14.2 Å². The number of esters is 2. The van der Waals surface area contributed by atoms with E-state index in [2.05, 4.69) is 4.72 Å². The normalized spacial score (nSPS) is 15.6. The molecule has 0 amide bonds. The number of carbonyl (C=O) groups is 2. The van der Waals surface area contributed by atoms with Crippen LogP contribution in [-0.2, 0) is 20.7 Å². The summed E-state index contributed by atoms with van der Waals surface area (Å²) < 4.78 is 21.2. The number of carbonyl (C=O) groups excluding carboxylic acids is 2. The van der Waals surface area contributed by atoms with Gasteiger partial charge in [0.2, 0.25) is 0 Å². The van der Waals surface area contributed by atoms with Gasteiger partial charge in [0.05, 0.1) is 6.61 Å². The van der Waals surface area contributed by atoms with Crippen LogP contribution < -0.4 is 14.2 Å². The summed E-state index contributed by atoms with van der Waals surface area (Å²) in [5.74, 6) is 0.357. The van der Waals surface area contributed by atoms with Gasteiger partial charge in [-0.05, 0) is 40.2 Å². The van der Waals surface area contributed by atoms with E-state index in [0.29, 0.717) is 18.1 Å². The fourth-order valence-corrected chi connectivity index (χ4v) is 3.66. The van der Waals surface area contributed by atoms with Crippen LogP contribution in [0.15, 0.2) is 18.2 Å². The number of nitrogens with zero attached hydrogens (tertiary/aromatic N) is 1. The van der Waals surface area contributed by atoms with Crippen LogP contribution in [0.2, 0.25) is 0 Å². The lowest BCUT2D eigenvalue weighted by Gasteiger charge is -2.25. The van der Waals surface area contributed by atoms with Crippen LogP contribution in [0, 0.1) is 0 Å². The summed E-state index contributed by atoms with van der Waals surface area (Å²) in [5, 5.41) is 0. The van der Waals surface area contributed by atoms with Gasteiger partial charge in [-0.1, -0.05) is 19.1 Å². The molecule has 0 radical (unpaired) electrons. The molecule has 8 heteroatoms. The van der Waals surface area contributed by atoms with E-state index in [9.17, 15) is 9.59 Å². The van der Waals surface area contributed by atoms with E-state index < -0.39 is 5.97 Å². The molecule has 1 N–H and O–H groups in total. The van der Waals surface area contributed by atoms with E-state index in [0.717, 1.165) is 18.4 Å². The van der Waals surface area contributed by atoms with Gasteiger partial charge in [0.25, 0.3) is 0 Å². The van der Waals surface area contributed by atoms with Crippen LogP contribution in [-0.4, -0.2) is 47.6 Å². The van der Waals surface area contributed by atoms with Gasteiger partial charge in [0.15, 0.2) is 11.5 Å². The second-order valence-electron chi connectivity index (χ2n) is 7.31. The molecule has 1 aliphatic rings. The average molecular weight is 411 g/mol. The van der Waals surface area contributed by atoms with Crippen molar-refractivity contribution in [3.63, 3.8) is 0 Å². The summed E-state index contributed by atoms with van der Waals surface area (Å²) in [5.41, 5.74) is 0.734. The van der Waals surface area contributed by atoms with Crippen molar-refractivity contribution in [3.8, 4) is 11.5 Å². The van der Waals surface area contributed by atoms with Crippen molar-refractivity contribution in [3.05, 3.63) is 23.8 Å².